The molecule has 4 heteroatoms. The van der Waals surface area contributed by atoms with Gasteiger partial charge in [-0.05, 0) is 37.6 Å². The van der Waals surface area contributed by atoms with E-state index in [-0.39, 0.29) is 12.6 Å². The topological polar surface area (TPSA) is 35.5 Å². The number of halogens is 1. The number of nitrogens with one attached hydrogen (secondary N) is 1. The van der Waals surface area contributed by atoms with Crippen molar-refractivity contribution in [2.75, 3.05) is 31.1 Å². The molecule has 1 rings (SSSR count). The van der Waals surface area contributed by atoms with Gasteiger partial charge in [0.1, 0.15) is 0 Å². The molecule has 0 saturated carbocycles. The Morgan fingerprint density at radius 3 is 2.58 bits per heavy atom. The van der Waals surface area contributed by atoms with Crippen molar-refractivity contribution in [1.82, 2.24) is 5.32 Å². The molecule has 19 heavy (non-hydrogen) atoms. The number of anilines is 1. The number of rotatable bonds is 8. The van der Waals surface area contributed by atoms with Crippen molar-refractivity contribution in [3.8, 4) is 0 Å². The first kappa shape index (κ1) is 16.3. The van der Waals surface area contributed by atoms with Gasteiger partial charge >= 0.3 is 0 Å². The molecule has 0 aliphatic rings. The van der Waals surface area contributed by atoms with Gasteiger partial charge in [-0.2, -0.15) is 0 Å². The Balaban J connectivity index is 2.90. The van der Waals surface area contributed by atoms with Crippen LogP contribution >= 0.6 is 11.6 Å². The van der Waals surface area contributed by atoms with Crippen LogP contribution in [0.1, 0.15) is 38.8 Å². The van der Waals surface area contributed by atoms with Gasteiger partial charge in [-0.25, -0.2) is 0 Å². The molecule has 0 aromatic heterocycles. The summed E-state index contributed by atoms with van der Waals surface area (Å²) >= 11 is 6.38. The molecule has 1 aromatic carbocycles. The standard InChI is InChI=1S/C15H25ClN2O/c1-4-8-18(9-10-19)13-6-7-14(15(16)11-13)12(3)17-5-2/h6-7,11-12,17,19H,4-5,8-10H2,1-3H3. The summed E-state index contributed by atoms with van der Waals surface area (Å²) in [6, 6.07) is 6.41. The number of hydrogen-bond acceptors (Lipinski definition) is 3. The van der Waals surface area contributed by atoms with Crippen LogP contribution in [0.3, 0.4) is 0 Å². The molecule has 0 bridgehead atoms. The van der Waals surface area contributed by atoms with E-state index in [0.717, 1.165) is 35.8 Å². The highest BCUT2D eigenvalue weighted by Crippen LogP contribution is 2.28. The lowest BCUT2D eigenvalue weighted by atomic mass is 10.1. The maximum absolute atomic E-state index is 9.12. The third-order valence-corrected chi connectivity index (χ3v) is 3.52. The van der Waals surface area contributed by atoms with Crippen molar-refractivity contribution in [3.05, 3.63) is 28.8 Å². The van der Waals surface area contributed by atoms with E-state index in [1.165, 1.54) is 0 Å². The molecule has 0 saturated heterocycles. The lowest BCUT2D eigenvalue weighted by Crippen LogP contribution is -2.27. The van der Waals surface area contributed by atoms with Crippen LogP contribution in [0, 0.1) is 0 Å². The molecule has 0 amide bonds. The van der Waals surface area contributed by atoms with E-state index in [0.29, 0.717) is 6.54 Å². The van der Waals surface area contributed by atoms with Crippen LogP contribution in [0.25, 0.3) is 0 Å². The maximum atomic E-state index is 9.12. The third kappa shape index (κ3) is 4.68. The van der Waals surface area contributed by atoms with E-state index in [1.807, 2.05) is 6.07 Å². The summed E-state index contributed by atoms with van der Waals surface area (Å²) in [5.74, 6) is 0. The quantitative estimate of drug-likeness (QED) is 0.769. The zero-order chi connectivity index (χ0) is 14.3. The Labute approximate surface area is 121 Å². The molecule has 1 unspecified atom stereocenters. The lowest BCUT2D eigenvalue weighted by molar-refractivity contribution is 0.302. The lowest BCUT2D eigenvalue weighted by Gasteiger charge is -2.24. The second kappa shape index (κ2) is 8.41. The van der Waals surface area contributed by atoms with Crippen molar-refractivity contribution in [3.63, 3.8) is 0 Å². The molecule has 1 aromatic rings. The Kier molecular flexibility index (Phi) is 7.21. The van der Waals surface area contributed by atoms with E-state index in [2.05, 4.69) is 43.1 Å². The summed E-state index contributed by atoms with van der Waals surface area (Å²) < 4.78 is 0. The minimum absolute atomic E-state index is 0.160. The Morgan fingerprint density at radius 2 is 2.05 bits per heavy atom. The Morgan fingerprint density at radius 1 is 1.32 bits per heavy atom. The van der Waals surface area contributed by atoms with Crippen molar-refractivity contribution < 1.29 is 5.11 Å². The first-order valence-electron chi connectivity index (χ1n) is 7.02. The van der Waals surface area contributed by atoms with Crippen molar-refractivity contribution in [2.24, 2.45) is 0 Å². The predicted molar refractivity (Wildman–Crippen MR) is 83.1 cm³/mol. The molecule has 0 radical (unpaired) electrons. The van der Waals surface area contributed by atoms with Gasteiger partial charge in [-0.3, -0.25) is 0 Å². The second-order valence-corrected chi connectivity index (χ2v) is 5.10. The highest BCUT2D eigenvalue weighted by atomic mass is 35.5. The number of aliphatic hydroxyl groups is 1. The van der Waals surface area contributed by atoms with Gasteiger partial charge < -0.3 is 15.3 Å². The minimum atomic E-state index is 0.160. The van der Waals surface area contributed by atoms with Crippen LogP contribution in [0.2, 0.25) is 5.02 Å². The van der Waals surface area contributed by atoms with Gasteiger partial charge in [0.05, 0.1) is 6.61 Å². The van der Waals surface area contributed by atoms with E-state index >= 15 is 0 Å². The van der Waals surface area contributed by atoms with Gasteiger partial charge in [0.25, 0.3) is 0 Å². The smallest absolute Gasteiger partial charge is 0.0606 e. The number of nitrogens with zero attached hydrogens (tertiary/aromatic N) is 1. The molecule has 0 heterocycles. The van der Waals surface area contributed by atoms with Crippen LogP contribution in [0.4, 0.5) is 5.69 Å². The number of benzene rings is 1. The van der Waals surface area contributed by atoms with Crippen LogP contribution < -0.4 is 10.2 Å². The van der Waals surface area contributed by atoms with E-state index in [1.54, 1.807) is 0 Å². The summed E-state index contributed by atoms with van der Waals surface area (Å²) in [5, 5.41) is 13.3. The summed E-state index contributed by atoms with van der Waals surface area (Å²) in [6.45, 7) is 8.99. The SMILES string of the molecule is CCCN(CCO)c1ccc(C(C)NCC)c(Cl)c1. The molecular formula is C15H25ClN2O. The molecular weight excluding hydrogens is 260 g/mol. The van der Waals surface area contributed by atoms with Gasteiger partial charge in [0, 0.05) is 29.8 Å². The Bertz CT molecular complexity index is 378. The van der Waals surface area contributed by atoms with Crippen molar-refractivity contribution in [1.29, 1.82) is 0 Å². The first-order valence-corrected chi connectivity index (χ1v) is 7.40. The average molecular weight is 285 g/mol. The highest BCUT2D eigenvalue weighted by Gasteiger charge is 2.11. The van der Waals surface area contributed by atoms with Crippen LogP contribution in [0.15, 0.2) is 18.2 Å². The van der Waals surface area contributed by atoms with Gasteiger partial charge in [0.2, 0.25) is 0 Å². The normalized spacial score (nSPS) is 12.5. The zero-order valence-electron chi connectivity index (χ0n) is 12.1. The molecule has 3 nitrogen and oxygen atoms in total. The highest BCUT2D eigenvalue weighted by molar-refractivity contribution is 6.31. The predicted octanol–water partition coefficient (Wildman–Crippen LogP) is 3.22. The van der Waals surface area contributed by atoms with Crippen LogP contribution in [-0.2, 0) is 0 Å². The van der Waals surface area contributed by atoms with E-state index < -0.39 is 0 Å². The fourth-order valence-corrected chi connectivity index (χ4v) is 2.58. The summed E-state index contributed by atoms with van der Waals surface area (Å²) in [5.41, 5.74) is 2.20. The van der Waals surface area contributed by atoms with Gasteiger partial charge in [-0.1, -0.05) is 31.5 Å². The molecule has 1 atom stereocenters. The molecule has 0 aliphatic heterocycles. The summed E-state index contributed by atoms with van der Waals surface area (Å²) in [6.07, 6.45) is 1.05. The Hall–Kier alpha value is -0.770. The van der Waals surface area contributed by atoms with Crippen molar-refractivity contribution in [2.45, 2.75) is 33.2 Å². The third-order valence-electron chi connectivity index (χ3n) is 3.19. The van der Waals surface area contributed by atoms with Gasteiger partial charge in [-0.15, -0.1) is 0 Å². The molecule has 0 aliphatic carbocycles. The zero-order valence-corrected chi connectivity index (χ0v) is 12.9. The fourth-order valence-electron chi connectivity index (χ4n) is 2.24. The monoisotopic (exact) mass is 284 g/mol. The van der Waals surface area contributed by atoms with E-state index in [9.17, 15) is 0 Å². The number of aliphatic hydroxyl groups excluding tert-OH is 1. The summed E-state index contributed by atoms with van der Waals surface area (Å²) in [4.78, 5) is 2.16. The molecule has 0 fully saturated rings. The largest absolute Gasteiger partial charge is 0.395 e. The van der Waals surface area contributed by atoms with E-state index in [4.69, 9.17) is 16.7 Å². The summed E-state index contributed by atoms with van der Waals surface area (Å²) in [7, 11) is 0. The van der Waals surface area contributed by atoms with Crippen LogP contribution in [-0.4, -0.2) is 31.3 Å². The average Bonchev–Trinajstić information content (AvgIpc) is 2.38. The number of hydrogen-bond donors (Lipinski definition) is 2. The second-order valence-electron chi connectivity index (χ2n) is 4.70. The fraction of sp³-hybridized carbons (Fsp3) is 0.600. The van der Waals surface area contributed by atoms with Crippen molar-refractivity contribution >= 4 is 17.3 Å². The van der Waals surface area contributed by atoms with Crippen LogP contribution in [0.5, 0.6) is 0 Å². The first-order chi connectivity index (χ1) is 9.13. The molecule has 0 spiro atoms. The molecule has 108 valence electrons. The molecule has 2 N–H and O–H groups in total. The van der Waals surface area contributed by atoms with Gasteiger partial charge in [0.15, 0.2) is 0 Å². The maximum Gasteiger partial charge on any atom is 0.0606 e. The minimum Gasteiger partial charge on any atom is -0.395 e.